The van der Waals surface area contributed by atoms with Gasteiger partial charge >= 0.3 is 5.97 Å². The minimum absolute atomic E-state index is 0.0349. The van der Waals surface area contributed by atoms with Gasteiger partial charge in [0.2, 0.25) is 0 Å². The zero-order chi connectivity index (χ0) is 25.3. The van der Waals surface area contributed by atoms with Crippen LogP contribution in [0.2, 0.25) is 0 Å². The summed E-state index contributed by atoms with van der Waals surface area (Å²) in [6.45, 7) is 9.88. The number of fused-ring (bicyclic) bond motifs is 8. The van der Waals surface area contributed by atoms with Crippen molar-refractivity contribution in [1.82, 2.24) is 0 Å². The standard InChI is InChI=1S/C28H40O7/c1-13-10-19(34-24(31)14(13)2)15(3)27(32)9-7-17-21-18(6-8-25(17,27)4)26(5)20(30)11-16(29)12-28(26,33)23-22(21)35-23/h15-19,21-23,29,32-33H,6-12H2,1-5H3. The van der Waals surface area contributed by atoms with E-state index in [1.807, 2.05) is 20.8 Å². The van der Waals surface area contributed by atoms with Crippen molar-refractivity contribution in [3.8, 4) is 0 Å². The Morgan fingerprint density at radius 1 is 1.03 bits per heavy atom. The Balaban J connectivity index is 1.33. The van der Waals surface area contributed by atoms with E-state index in [-0.39, 0.29) is 60.5 Å². The maximum atomic E-state index is 13.4. The highest BCUT2D eigenvalue weighted by Gasteiger charge is 2.79. The van der Waals surface area contributed by atoms with Crippen molar-refractivity contribution in [2.24, 2.45) is 34.5 Å². The van der Waals surface area contributed by atoms with Gasteiger partial charge in [0.1, 0.15) is 23.6 Å². The quantitative estimate of drug-likeness (QED) is 0.404. The van der Waals surface area contributed by atoms with E-state index in [2.05, 4.69) is 6.92 Å². The predicted molar refractivity (Wildman–Crippen MR) is 126 cm³/mol. The maximum Gasteiger partial charge on any atom is 0.333 e. The van der Waals surface area contributed by atoms with Crippen LogP contribution in [-0.4, -0.2) is 62.7 Å². The minimum Gasteiger partial charge on any atom is -0.458 e. The number of carbonyl (C=O) groups excluding carboxylic acids is 2. The molecule has 4 saturated carbocycles. The summed E-state index contributed by atoms with van der Waals surface area (Å²) in [7, 11) is 0. The van der Waals surface area contributed by atoms with Gasteiger partial charge < -0.3 is 24.8 Å². The summed E-state index contributed by atoms with van der Waals surface area (Å²) in [4.78, 5) is 25.8. The fourth-order valence-corrected chi connectivity index (χ4v) is 9.66. The first-order valence-corrected chi connectivity index (χ1v) is 13.5. The molecule has 12 atom stereocenters. The predicted octanol–water partition coefficient (Wildman–Crippen LogP) is 2.69. The summed E-state index contributed by atoms with van der Waals surface area (Å²) in [6, 6.07) is 0. The number of ketones is 1. The average molecular weight is 489 g/mol. The summed E-state index contributed by atoms with van der Waals surface area (Å²) < 4.78 is 12.0. The number of carbonyl (C=O) groups is 2. The molecule has 3 N–H and O–H groups in total. The molecular formula is C28H40O7. The number of aliphatic hydroxyl groups is 3. The monoisotopic (exact) mass is 488 g/mol. The van der Waals surface area contributed by atoms with Crippen LogP contribution >= 0.6 is 0 Å². The molecule has 0 aromatic rings. The fraction of sp³-hybridized carbons (Fsp3) is 0.857. The lowest BCUT2D eigenvalue weighted by Crippen LogP contribution is -2.70. The van der Waals surface area contributed by atoms with Crippen molar-refractivity contribution in [3.63, 3.8) is 0 Å². The molecule has 6 rings (SSSR count). The molecule has 2 heterocycles. The molecular weight excluding hydrogens is 448 g/mol. The van der Waals surface area contributed by atoms with Crippen molar-refractivity contribution >= 4 is 11.8 Å². The molecule has 0 aromatic carbocycles. The largest absolute Gasteiger partial charge is 0.458 e. The van der Waals surface area contributed by atoms with E-state index in [9.17, 15) is 24.9 Å². The SMILES string of the molecule is CC1=C(C)C(=O)OC(C(C)C2(O)CCC3C4C5OC5C5(O)CC(O)CC(=O)C5(C)C4CCC32C)C1. The lowest BCUT2D eigenvalue weighted by atomic mass is 9.42. The molecule has 0 radical (unpaired) electrons. The van der Waals surface area contributed by atoms with Gasteiger partial charge in [-0.05, 0) is 69.6 Å². The van der Waals surface area contributed by atoms with Crippen LogP contribution in [0, 0.1) is 34.5 Å². The second-order valence-corrected chi connectivity index (χ2v) is 13.2. The van der Waals surface area contributed by atoms with Gasteiger partial charge in [0.15, 0.2) is 0 Å². The highest BCUT2D eigenvalue weighted by molar-refractivity contribution is 5.89. The number of Topliss-reactive ketones (excluding diaryl/α,β-unsaturated/α-hetero) is 1. The zero-order valence-corrected chi connectivity index (χ0v) is 21.5. The van der Waals surface area contributed by atoms with Gasteiger partial charge in [-0.15, -0.1) is 0 Å². The van der Waals surface area contributed by atoms with Crippen molar-refractivity contribution in [2.45, 2.75) is 115 Å². The molecule has 4 aliphatic carbocycles. The number of hydrogen-bond donors (Lipinski definition) is 3. The molecule has 194 valence electrons. The van der Waals surface area contributed by atoms with Gasteiger partial charge in [-0.3, -0.25) is 4.79 Å². The first-order chi connectivity index (χ1) is 16.3. The Morgan fingerprint density at radius 3 is 2.40 bits per heavy atom. The number of epoxide rings is 1. The van der Waals surface area contributed by atoms with E-state index in [1.54, 1.807) is 6.92 Å². The first kappa shape index (κ1) is 24.1. The smallest absolute Gasteiger partial charge is 0.333 e. The molecule has 0 amide bonds. The van der Waals surface area contributed by atoms with Crippen LogP contribution in [0.5, 0.6) is 0 Å². The van der Waals surface area contributed by atoms with Gasteiger partial charge in [0.05, 0.1) is 23.2 Å². The van der Waals surface area contributed by atoms with E-state index < -0.39 is 34.2 Å². The Labute approximate surface area is 207 Å². The molecule has 2 aliphatic heterocycles. The third-order valence-corrected chi connectivity index (χ3v) is 12.1. The third kappa shape index (κ3) is 2.76. The Bertz CT molecular complexity index is 1020. The highest BCUT2D eigenvalue weighted by atomic mass is 16.6. The summed E-state index contributed by atoms with van der Waals surface area (Å²) in [6.07, 6.45) is 2.07. The van der Waals surface area contributed by atoms with Crippen molar-refractivity contribution in [3.05, 3.63) is 11.1 Å². The summed E-state index contributed by atoms with van der Waals surface area (Å²) in [5.41, 5.74) is -1.98. The van der Waals surface area contributed by atoms with Gasteiger partial charge in [0, 0.05) is 30.8 Å². The van der Waals surface area contributed by atoms with Gasteiger partial charge in [0.25, 0.3) is 0 Å². The maximum absolute atomic E-state index is 13.4. The van der Waals surface area contributed by atoms with Crippen LogP contribution in [0.15, 0.2) is 11.1 Å². The number of esters is 1. The van der Waals surface area contributed by atoms with Crippen LogP contribution in [0.1, 0.15) is 79.6 Å². The Morgan fingerprint density at radius 2 is 1.71 bits per heavy atom. The lowest BCUT2D eigenvalue weighted by molar-refractivity contribution is -0.217. The van der Waals surface area contributed by atoms with E-state index in [0.29, 0.717) is 18.4 Å². The molecule has 12 unspecified atom stereocenters. The summed E-state index contributed by atoms with van der Waals surface area (Å²) in [5.74, 6) is -0.361. The number of ether oxygens (including phenoxy) is 2. The fourth-order valence-electron chi connectivity index (χ4n) is 9.66. The van der Waals surface area contributed by atoms with Crippen LogP contribution in [0.3, 0.4) is 0 Å². The summed E-state index contributed by atoms with van der Waals surface area (Å²) in [5, 5.41) is 34.4. The number of cyclic esters (lactones) is 1. The van der Waals surface area contributed by atoms with E-state index in [0.717, 1.165) is 24.8 Å². The molecule has 7 nitrogen and oxygen atoms in total. The molecule has 0 spiro atoms. The Kier molecular flexibility index (Phi) is 4.94. The van der Waals surface area contributed by atoms with Crippen LogP contribution in [-0.2, 0) is 19.1 Å². The van der Waals surface area contributed by atoms with Crippen LogP contribution in [0.25, 0.3) is 0 Å². The lowest BCUT2D eigenvalue weighted by Gasteiger charge is -2.62. The van der Waals surface area contributed by atoms with Gasteiger partial charge in [-0.1, -0.05) is 19.4 Å². The van der Waals surface area contributed by atoms with Crippen LogP contribution < -0.4 is 0 Å². The average Bonchev–Trinajstić information content (AvgIpc) is 3.55. The molecule has 5 fully saturated rings. The molecule has 0 aromatic heterocycles. The summed E-state index contributed by atoms with van der Waals surface area (Å²) >= 11 is 0. The van der Waals surface area contributed by atoms with Crippen LogP contribution in [0.4, 0.5) is 0 Å². The second-order valence-electron chi connectivity index (χ2n) is 13.2. The molecule has 7 heteroatoms. The first-order valence-electron chi connectivity index (χ1n) is 13.5. The van der Waals surface area contributed by atoms with Gasteiger partial charge in [-0.2, -0.15) is 0 Å². The Hall–Kier alpha value is -1.28. The molecule has 6 aliphatic rings. The molecule has 1 saturated heterocycles. The van der Waals surface area contributed by atoms with Crippen molar-refractivity contribution < 1.29 is 34.4 Å². The van der Waals surface area contributed by atoms with E-state index in [4.69, 9.17) is 9.47 Å². The topological polar surface area (TPSA) is 117 Å². The minimum atomic E-state index is -1.33. The highest BCUT2D eigenvalue weighted by Crippen LogP contribution is 2.73. The molecule has 35 heavy (non-hydrogen) atoms. The zero-order valence-electron chi connectivity index (χ0n) is 21.5. The van der Waals surface area contributed by atoms with Gasteiger partial charge in [-0.25, -0.2) is 4.79 Å². The number of rotatable bonds is 2. The normalized spacial score (nSPS) is 55.9. The third-order valence-electron chi connectivity index (χ3n) is 12.1. The van der Waals surface area contributed by atoms with Crippen molar-refractivity contribution in [2.75, 3.05) is 0 Å². The number of hydrogen-bond acceptors (Lipinski definition) is 7. The second kappa shape index (κ2) is 7.18. The van der Waals surface area contributed by atoms with Crippen molar-refractivity contribution in [1.29, 1.82) is 0 Å². The molecule has 0 bridgehead atoms. The van der Waals surface area contributed by atoms with E-state index in [1.165, 1.54) is 0 Å². The number of aliphatic hydroxyl groups excluding tert-OH is 1. The van der Waals surface area contributed by atoms with E-state index >= 15 is 0 Å².